The number of rotatable bonds is 6. The summed E-state index contributed by atoms with van der Waals surface area (Å²) < 4.78 is 0. The number of carboxylic acids is 1. The van der Waals surface area contributed by atoms with E-state index < -0.39 is 36.8 Å². The molecule has 0 saturated carbocycles. The maximum absolute atomic E-state index is 12.1. The van der Waals surface area contributed by atoms with Crippen LogP contribution in [0.15, 0.2) is 18.3 Å². The summed E-state index contributed by atoms with van der Waals surface area (Å²) in [6, 6.07) is 2.28. The van der Waals surface area contributed by atoms with Crippen LogP contribution in [0.25, 0.3) is 0 Å². The van der Waals surface area contributed by atoms with Crippen molar-refractivity contribution in [1.82, 2.24) is 9.88 Å². The van der Waals surface area contributed by atoms with Crippen LogP contribution < -0.4 is 11.5 Å². The quantitative estimate of drug-likeness (QED) is 0.557. The molecule has 1 heterocycles. The molecule has 0 spiro atoms. The topological polar surface area (TPSA) is 157 Å². The molecule has 0 aromatic carbocycles. The zero-order valence-electron chi connectivity index (χ0n) is 10.3. The van der Waals surface area contributed by atoms with Gasteiger partial charge in [-0.3, -0.25) is 14.4 Å². The number of aromatic nitrogens is 1. The first-order chi connectivity index (χ1) is 9.31. The van der Waals surface area contributed by atoms with E-state index in [9.17, 15) is 19.2 Å². The predicted molar refractivity (Wildman–Crippen MR) is 65.5 cm³/mol. The van der Waals surface area contributed by atoms with Crippen LogP contribution in [0.1, 0.15) is 20.8 Å². The van der Waals surface area contributed by atoms with Gasteiger partial charge in [0.2, 0.25) is 11.8 Å². The van der Waals surface area contributed by atoms with Crippen molar-refractivity contribution in [3.05, 3.63) is 29.6 Å². The van der Waals surface area contributed by atoms with Gasteiger partial charge in [0, 0.05) is 11.8 Å². The van der Waals surface area contributed by atoms with Crippen LogP contribution in [0.3, 0.4) is 0 Å². The Kier molecular flexibility index (Phi) is 4.73. The Hall–Kier alpha value is -2.97. The molecule has 0 atom stereocenters. The smallest absolute Gasteiger partial charge is 0.354 e. The Bertz CT molecular complexity index is 556. The summed E-state index contributed by atoms with van der Waals surface area (Å²) in [5.41, 5.74) is 9.56. The molecule has 0 radical (unpaired) electrons. The van der Waals surface area contributed by atoms with E-state index in [1.54, 1.807) is 0 Å². The minimum atomic E-state index is -1.31. The van der Waals surface area contributed by atoms with Gasteiger partial charge in [0.15, 0.2) is 0 Å². The average Bonchev–Trinajstić information content (AvgIpc) is 2.36. The van der Waals surface area contributed by atoms with Crippen molar-refractivity contribution < 1.29 is 24.3 Å². The molecule has 0 unspecified atom stereocenters. The fourth-order valence-electron chi connectivity index (χ4n) is 1.44. The number of hydrogen-bond donors (Lipinski definition) is 3. The summed E-state index contributed by atoms with van der Waals surface area (Å²) in [5, 5.41) is 8.78. The maximum Gasteiger partial charge on any atom is 0.354 e. The lowest BCUT2D eigenvalue weighted by Crippen LogP contribution is -2.43. The average molecular weight is 280 g/mol. The van der Waals surface area contributed by atoms with Gasteiger partial charge in [0.05, 0.1) is 0 Å². The van der Waals surface area contributed by atoms with Gasteiger partial charge in [-0.05, 0) is 12.1 Å². The van der Waals surface area contributed by atoms with E-state index in [2.05, 4.69) is 4.98 Å². The highest BCUT2D eigenvalue weighted by atomic mass is 16.4. The molecule has 20 heavy (non-hydrogen) atoms. The number of pyridine rings is 1. The molecule has 1 aromatic heterocycles. The van der Waals surface area contributed by atoms with Crippen LogP contribution in [0.4, 0.5) is 0 Å². The normalized spacial score (nSPS) is 9.80. The summed E-state index contributed by atoms with van der Waals surface area (Å²) in [6.07, 6.45) is 1.13. The number of carboxylic acid groups (broad SMARTS) is 1. The molecule has 0 aliphatic carbocycles. The number of carbonyl (C=O) groups excluding carboxylic acids is 3. The number of carbonyl (C=O) groups is 4. The second-order valence-corrected chi connectivity index (χ2v) is 3.83. The van der Waals surface area contributed by atoms with Crippen LogP contribution in [-0.4, -0.2) is 51.8 Å². The molecular weight excluding hydrogens is 268 g/mol. The monoisotopic (exact) mass is 280 g/mol. The van der Waals surface area contributed by atoms with Crippen LogP contribution in [0.5, 0.6) is 0 Å². The molecule has 0 aliphatic heterocycles. The van der Waals surface area contributed by atoms with Crippen molar-refractivity contribution in [2.75, 3.05) is 13.1 Å². The van der Waals surface area contributed by atoms with Gasteiger partial charge in [0.1, 0.15) is 18.8 Å². The van der Waals surface area contributed by atoms with Gasteiger partial charge < -0.3 is 21.5 Å². The molecule has 3 amide bonds. The number of nitrogens with two attached hydrogens (primary N) is 2. The molecule has 1 rings (SSSR count). The lowest BCUT2D eigenvalue weighted by Gasteiger charge is -2.19. The summed E-state index contributed by atoms with van der Waals surface area (Å²) in [4.78, 5) is 49.0. The van der Waals surface area contributed by atoms with Crippen molar-refractivity contribution >= 4 is 23.7 Å². The van der Waals surface area contributed by atoms with Crippen molar-refractivity contribution in [3.63, 3.8) is 0 Å². The van der Waals surface area contributed by atoms with Crippen molar-refractivity contribution in [1.29, 1.82) is 0 Å². The fraction of sp³-hybridized carbons (Fsp3) is 0.182. The van der Waals surface area contributed by atoms with Crippen LogP contribution in [0, 0.1) is 0 Å². The van der Waals surface area contributed by atoms with Gasteiger partial charge in [0.25, 0.3) is 5.91 Å². The van der Waals surface area contributed by atoms with Crippen molar-refractivity contribution in [2.24, 2.45) is 11.5 Å². The summed E-state index contributed by atoms with van der Waals surface area (Å²) in [5.74, 6) is -3.71. The highest BCUT2D eigenvalue weighted by Crippen LogP contribution is 2.06. The Morgan fingerprint density at radius 1 is 1.15 bits per heavy atom. The van der Waals surface area contributed by atoms with Crippen LogP contribution in [-0.2, 0) is 9.59 Å². The molecule has 9 heteroatoms. The number of primary amides is 2. The van der Waals surface area contributed by atoms with Gasteiger partial charge >= 0.3 is 5.97 Å². The fourth-order valence-corrected chi connectivity index (χ4v) is 1.44. The number of nitrogens with zero attached hydrogens (tertiary/aromatic N) is 2. The summed E-state index contributed by atoms with van der Waals surface area (Å²) in [6.45, 7) is -1.01. The first-order valence-corrected chi connectivity index (χ1v) is 5.36. The van der Waals surface area contributed by atoms with E-state index in [0.717, 1.165) is 17.2 Å². The molecule has 0 bridgehead atoms. The van der Waals surface area contributed by atoms with E-state index in [-0.39, 0.29) is 11.3 Å². The van der Waals surface area contributed by atoms with Crippen LogP contribution in [0.2, 0.25) is 0 Å². The lowest BCUT2D eigenvalue weighted by molar-refractivity contribution is -0.121. The molecular formula is C11H12N4O5. The second-order valence-electron chi connectivity index (χ2n) is 3.83. The zero-order chi connectivity index (χ0) is 15.3. The van der Waals surface area contributed by atoms with E-state index in [0.29, 0.717) is 0 Å². The third-order valence-electron chi connectivity index (χ3n) is 2.21. The molecule has 5 N–H and O–H groups in total. The Labute approximate surface area is 113 Å². The lowest BCUT2D eigenvalue weighted by atomic mass is 10.2. The highest BCUT2D eigenvalue weighted by molar-refractivity contribution is 5.99. The highest BCUT2D eigenvalue weighted by Gasteiger charge is 2.20. The Morgan fingerprint density at radius 3 is 2.15 bits per heavy atom. The molecule has 0 saturated heterocycles. The second kappa shape index (κ2) is 6.27. The first-order valence-electron chi connectivity index (χ1n) is 5.36. The predicted octanol–water partition coefficient (Wildman–Crippen LogP) is -1.81. The van der Waals surface area contributed by atoms with E-state index in [1.807, 2.05) is 0 Å². The Morgan fingerprint density at radius 2 is 1.70 bits per heavy atom. The third kappa shape index (κ3) is 4.05. The van der Waals surface area contributed by atoms with Gasteiger partial charge in [-0.15, -0.1) is 0 Å². The molecule has 0 fully saturated rings. The molecule has 9 nitrogen and oxygen atoms in total. The molecule has 0 aliphatic rings. The SMILES string of the molecule is NC(=O)CN(CC(N)=O)C(=O)c1ccnc(C(=O)O)c1. The van der Waals surface area contributed by atoms with Crippen molar-refractivity contribution in [3.8, 4) is 0 Å². The van der Waals surface area contributed by atoms with Gasteiger partial charge in [-0.1, -0.05) is 0 Å². The minimum absolute atomic E-state index is 0.0418. The Balaban J connectivity index is 3.04. The standard InChI is InChI=1S/C11H12N4O5/c12-8(16)4-15(5-9(13)17)10(18)6-1-2-14-7(3-6)11(19)20/h1-3H,4-5H2,(H2,12,16)(H2,13,17)(H,19,20). The summed E-state index contributed by atoms with van der Waals surface area (Å²) >= 11 is 0. The maximum atomic E-state index is 12.1. The number of hydrogen-bond acceptors (Lipinski definition) is 5. The summed E-state index contributed by atoms with van der Waals surface area (Å²) in [7, 11) is 0. The number of aromatic carboxylic acids is 1. The number of amides is 3. The van der Waals surface area contributed by atoms with Crippen LogP contribution >= 0.6 is 0 Å². The first kappa shape index (κ1) is 15.1. The van der Waals surface area contributed by atoms with E-state index in [1.165, 1.54) is 6.07 Å². The zero-order valence-corrected chi connectivity index (χ0v) is 10.3. The van der Waals surface area contributed by atoms with Crippen molar-refractivity contribution in [2.45, 2.75) is 0 Å². The van der Waals surface area contributed by atoms with Gasteiger partial charge in [-0.25, -0.2) is 9.78 Å². The third-order valence-corrected chi connectivity index (χ3v) is 2.21. The van der Waals surface area contributed by atoms with Gasteiger partial charge in [-0.2, -0.15) is 0 Å². The van der Waals surface area contributed by atoms with E-state index >= 15 is 0 Å². The molecule has 106 valence electrons. The minimum Gasteiger partial charge on any atom is -0.477 e. The van der Waals surface area contributed by atoms with E-state index in [4.69, 9.17) is 16.6 Å². The molecule has 1 aromatic rings. The largest absolute Gasteiger partial charge is 0.477 e.